The highest BCUT2D eigenvalue weighted by molar-refractivity contribution is 7.89. The molecule has 0 aliphatic carbocycles. The first-order chi connectivity index (χ1) is 8.54. The molecule has 0 unspecified atom stereocenters. The lowest BCUT2D eigenvalue weighted by molar-refractivity contribution is 0.138. The van der Waals surface area contributed by atoms with Gasteiger partial charge in [-0.3, -0.25) is 0 Å². The van der Waals surface area contributed by atoms with Gasteiger partial charge in [-0.25, -0.2) is 8.42 Å². The molecule has 0 saturated heterocycles. The molecule has 0 saturated carbocycles. The van der Waals surface area contributed by atoms with Crippen molar-refractivity contribution in [1.29, 1.82) is 5.26 Å². The normalized spacial score (nSPS) is 11.4. The molecule has 0 aromatic heterocycles. The number of ether oxygens (including phenoxy) is 1. The number of likely N-dealkylation sites (N-methyl/N-ethyl adjacent to an activating group) is 1. The van der Waals surface area contributed by atoms with Crippen LogP contribution in [0.1, 0.15) is 12.5 Å². The van der Waals surface area contributed by atoms with Gasteiger partial charge in [-0.1, -0.05) is 12.1 Å². The summed E-state index contributed by atoms with van der Waals surface area (Å²) in [6.07, 6.45) is 0. The van der Waals surface area contributed by atoms with Gasteiger partial charge in [0.1, 0.15) is 6.07 Å². The Labute approximate surface area is 108 Å². The van der Waals surface area contributed by atoms with E-state index in [0.717, 1.165) is 0 Å². The molecule has 0 fully saturated rings. The van der Waals surface area contributed by atoms with Gasteiger partial charge in [0, 0.05) is 20.2 Å². The molecule has 1 aromatic carbocycles. The third-order valence-electron chi connectivity index (χ3n) is 2.45. The average Bonchev–Trinajstić information content (AvgIpc) is 2.38. The molecule has 0 N–H and O–H groups in total. The van der Waals surface area contributed by atoms with Gasteiger partial charge in [0.2, 0.25) is 10.0 Å². The molecule has 1 aromatic rings. The van der Waals surface area contributed by atoms with Gasteiger partial charge in [0.25, 0.3) is 0 Å². The van der Waals surface area contributed by atoms with E-state index in [1.54, 1.807) is 12.1 Å². The van der Waals surface area contributed by atoms with Gasteiger partial charge in [-0.15, -0.1) is 0 Å². The highest BCUT2D eigenvalue weighted by Gasteiger charge is 2.23. The fourth-order valence-corrected chi connectivity index (χ4v) is 2.70. The molecule has 0 radical (unpaired) electrons. The van der Waals surface area contributed by atoms with Gasteiger partial charge >= 0.3 is 0 Å². The van der Waals surface area contributed by atoms with Crippen molar-refractivity contribution in [3.05, 3.63) is 29.8 Å². The molecule has 18 heavy (non-hydrogen) atoms. The quantitative estimate of drug-likeness (QED) is 0.727. The highest BCUT2D eigenvalue weighted by atomic mass is 32.2. The molecule has 0 atom stereocenters. The molecule has 5 nitrogen and oxygen atoms in total. The molecule has 0 spiro atoms. The predicted octanol–water partition coefficient (Wildman–Crippen LogP) is 1.22. The first-order valence-electron chi connectivity index (χ1n) is 5.57. The summed E-state index contributed by atoms with van der Waals surface area (Å²) >= 11 is 0. The van der Waals surface area contributed by atoms with Gasteiger partial charge in [0.15, 0.2) is 0 Å². The number of hydrogen-bond acceptors (Lipinski definition) is 4. The van der Waals surface area contributed by atoms with E-state index >= 15 is 0 Å². The summed E-state index contributed by atoms with van der Waals surface area (Å²) in [7, 11) is -2.16. The van der Waals surface area contributed by atoms with Crippen LogP contribution in [0.25, 0.3) is 0 Å². The Morgan fingerprint density at radius 2 is 2.06 bits per heavy atom. The number of nitrogens with zero attached hydrogens (tertiary/aromatic N) is 2. The largest absolute Gasteiger partial charge is 0.380 e. The lowest BCUT2D eigenvalue weighted by Gasteiger charge is -2.17. The van der Waals surface area contributed by atoms with Crippen LogP contribution in [0.5, 0.6) is 0 Å². The van der Waals surface area contributed by atoms with Crippen molar-refractivity contribution in [1.82, 2.24) is 4.31 Å². The standard InChI is InChI=1S/C12H16N2O3S/c1-3-17-9-8-14(2)18(15,16)12-7-5-4-6-11(12)10-13/h4-7H,3,8-9H2,1-2H3. The van der Waals surface area contributed by atoms with Crippen molar-refractivity contribution < 1.29 is 13.2 Å². The zero-order valence-electron chi connectivity index (χ0n) is 10.5. The van der Waals surface area contributed by atoms with E-state index in [2.05, 4.69) is 0 Å². The number of hydrogen-bond donors (Lipinski definition) is 0. The Morgan fingerprint density at radius 1 is 1.39 bits per heavy atom. The van der Waals surface area contributed by atoms with Crippen LogP contribution >= 0.6 is 0 Å². The molecule has 0 amide bonds. The van der Waals surface area contributed by atoms with E-state index in [1.807, 2.05) is 13.0 Å². The second-order valence-corrected chi connectivity index (χ2v) is 5.64. The van der Waals surface area contributed by atoms with Crippen LogP contribution < -0.4 is 0 Å². The van der Waals surface area contributed by atoms with Gasteiger partial charge < -0.3 is 4.74 Å². The van der Waals surface area contributed by atoms with Crippen molar-refractivity contribution in [3.8, 4) is 6.07 Å². The number of sulfonamides is 1. The summed E-state index contributed by atoms with van der Waals surface area (Å²) in [5, 5.41) is 8.92. The van der Waals surface area contributed by atoms with Crippen LogP contribution in [0.15, 0.2) is 29.2 Å². The highest BCUT2D eigenvalue weighted by Crippen LogP contribution is 2.18. The number of nitriles is 1. The summed E-state index contributed by atoms with van der Waals surface area (Å²) in [5.74, 6) is 0. The second-order valence-electron chi connectivity index (χ2n) is 3.63. The maximum atomic E-state index is 12.2. The molecule has 1 rings (SSSR count). The minimum Gasteiger partial charge on any atom is -0.380 e. The van der Waals surface area contributed by atoms with Crippen LogP contribution in [0.3, 0.4) is 0 Å². The van der Waals surface area contributed by atoms with Crippen LogP contribution in [0, 0.1) is 11.3 Å². The van der Waals surface area contributed by atoms with Crippen molar-refractivity contribution >= 4 is 10.0 Å². The molecular weight excluding hydrogens is 252 g/mol. The number of rotatable bonds is 6. The van der Waals surface area contributed by atoms with Crippen molar-refractivity contribution in [2.45, 2.75) is 11.8 Å². The number of benzene rings is 1. The van der Waals surface area contributed by atoms with Gasteiger partial charge in [-0.05, 0) is 19.1 Å². The zero-order valence-corrected chi connectivity index (χ0v) is 11.3. The summed E-state index contributed by atoms with van der Waals surface area (Å²) in [4.78, 5) is 0.0338. The zero-order chi connectivity index (χ0) is 13.6. The fraction of sp³-hybridized carbons (Fsp3) is 0.417. The molecule has 0 aliphatic rings. The summed E-state index contributed by atoms with van der Waals surface area (Å²) < 4.78 is 30.8. The first-order valence-corrected chi connectivity index (χ1v) is 7.01. The Kier molecular flexibility index (Phi) is 5.28. The Bertz CT molecular complexity index is 534. The van der Waals surface area contributed by atoms with E-state index in [-0.39, 0.29) is 17.0 Å². The molecule has 0 bridgehead atoms. The van der Waals surface area contributed by atoms with Crippen molar-refractivity contribution in [2.24, 2.45) is 0 Å². The Hall–Kier alpha value is -1.42. The fourth-order valence-electron chi connectivity index (χ4n) is 1.41. The maximum Gasteiger partial charge on any atom is 0.244 e. The van der Waals surface area contributed by atoms with Crippen molar-refractivity contribution in [2.75, 3.05) is 26.8 Å². The Morgan fingerprint density at radius 3 is 2.67 bits per heavy atom. The van der Waals surface area contributed by atoms with E-state index < -0.39 is 10.0 Å². The first kappa shape index (κ1) is 14.6. The lowest BCUT2D eigenvalue weighted by Crippen LogP contribution is -2.30. The second kappa shape index (κ2) is 6.50. The molecular formula is C12H16N2O3S. The summed E-state index contributed by atoms with van der Waals surface area (Å²) in [5.41, 5.74) is 0.153. The van der Waals surface area contributed by atoms with Crippen LogP contribution in [-0.2, 0) is 14.8 Å². The third kappa shape index (κ3) is 3.29. The lowest BCUT2D eigenvalue weighted by atomic mass is 10.2. The van der Waals surface area contributed by atoms with E-state index in [1.165, 1.54) is 23.5 Å². The average molecular weight is 268 g/mol. The van der Waals surface area contributed by atoms with Gasteiger partial charge in [0.05, 0.1) is 17.1 Å². The van der Waals surface area contributed by atoms with E-state index in [0.29, 0.717) is 13.2 Å². The molecule has 0 aliphatic heterocycles. The Balaban J connectivity index is 2.96. The smallest absolute Gasteiger partial charge is 0.244 e. The summed E-state index contributed by atoms with van der Waals surface area (Å²) in [6, 6.07) is 8.05. The maximum absolute atomic E-state index is 12.2. The summed E-state index contributed by atoms with van der Waals surface area (Å²) in [6.45, 7) is 2.99. The topological polar surface area (TPSA) is 70.4 Å². The minimum atomic E-state index is -3.63. The van der Waals surface area contributed by atoms with Gasteiger partial charge in [-0.2, -0.15) is 9.57 Å². The SMILES string of the molecule is CCOCCN(C)S(=O)(=O)c1ccccc1C#N. The molecule has 98 valence electrons. The van der Waals surface area contributed by atoms with Crippen LogP contribution in [0.4, 0.5) is 0 Å². The van der Waals surface area contributed by atoms with Crippen LogP contribution in [0.2, 0.25) is 0 Å². The predicted molar refractivity (Wildman–Crippen MR) is 67.5 cm³/mol. The third-order valence-corrected chi connectivity index (χ3v) is 4.37. The molecule has 6 heteroatoms. The van der Waals surface area contributed by atoms with E-state index in [4.69, 9.17) is 10.00 Å². The monoisotopic (exact) mass is 268 g/mol. The van der Waals surface area contributed by atoms with E-state index in [9.17, 15) is 8.42 Å². The molecule has 0 heterocycles. The van der Waals surface area contributed by atoms with Crippen molar-refractivity contribution in [3.63, 3.8) is 0 Å². The van der Waals surface area contributed by atoms with Crippen LogP contribution in [-0.4, -0.2) is 39.5 Å². The minimum absolute atomic E-state index is 0.0338.